The summed E-state index contributed by atoms with van der Waals surface area (Å²) in [6.45, 7) is 2.98. The van der Waals surface area contributed by atoms with E-state index in [1.165, 1.54) is 19.2 Å². The minimum atomic E-state index is -0.698. The van der Waals surface area contributed by atoms with Crippen molar-refractivity contribution in [1.29, 1.82) is 0 Å². The lowest BCUT2D eigenvalue weighted by molar-refractivity contribution is 0.0512. The Morgan fingerprint density at radius 1 is 1.16 bits per heavy atom. The highest BCUT2D eigenvalue weighted by Gasteiger charge is 2.31. The van der Waals surface area contributed by atoms with Gasteiger partial charge in [-0.1, -0.05) is 25.8 Å². The Morgan fingerprint density at radius 3 is 2.84 bits per heavy atom. The SMILES string of the molecule is CCc1c(F)ccc2cc(OCOC)cc(-c3nc4c5c(cc(=O)[nH]c5c3F)N3CCCCCC3CO4)c12. The second-order valence-electron chi connectivity index (χ2n) is 9.86. The number of halogens is 2. The monoisotopic (exact) mass is 521 g/mol. The molecule has 1 atom stereocenters. The molecule has 1 unspecified atom stereocenters. The van der Waals surface area contributed by atoms with Crippen LogP contribution in [0.1, 0.15) is 38.2 Å². The van der Waals surface area contributed by atoms with E-state index in [0.717, 1.165) is 32.2 Å². The minimum absolute atomic E-state index is 0.0112. The second-order valence-corrected chi connectivity index (χ2v) is 9.86. The Hall–Kier alpha value is -3.72. The van der Waals surface area contributed by atoms with Gasteiger partial charge in [0.15, 0.2) is 12.6 Å². The van der Waals surface area contributed by atoms with E-state index < -0.39 is 11.4 Å². The van der Waals surface area contributed by atoms with E-state index in [9.17, 15) is 9.18 Å². The molecule has 198 valence electrons. The zero-order valence-corrected chi connectivity index (χ0v) is 21.4. The van der Waals surface area contributed by atoms with Crippen molar-refractivity contribution in [2.24, 2.45) is 0 Å². The van der Waals surface area contributed by atoms with E-state index in [1.807, 2.05) is 6.92 Å². The number of benzene rings is 2. The smallest absolute Gasteiger partial charge is 0.250 e. The van der Waals surface area contributed by atoms with Gasteiger partial charge < -0.3 is 24.1 Å². The fourth-order valence-corrected chi connectivity index (χ4v) is 5.84. The van der Waals surface area contributed by atoms with Gasteiger partial charge >= 0.3 is 0 Å². The van der Waals surface area contributed by atoms with Gasteiger partial charge in [-0.2, -0.15) is 0 Å². The molecule has 0 saturated carbocycles. The van der Waals surface area contributed by atoms with E-state index in [2.05, 4.69) is 9.88 Å². The van der Waals surface area contributed by atoms with Crippen LogP contribution in [0.15, 0.2) is 35.1 Å². The quantitative estimate of drug-likeness (QED) is 0.339. The third-order valence-corrected chi connectivity index (χ3v) is 7.57. The van der Waals surface area contributed by atoms with Gasteiger partial charge in [-0.05, 0) is 53.8 Å². The van der Waals surface area contributed by atoms with Crippen LogP contribution in [0.2, 0.25) is 0 Å². The molecule has 0 radical (unpaired) electrons. The van der Waals surface area contributed by atoms with E-state index in [1.54, 1.807) is 18.2 Å². The number of methoxy groups -OCH3 is 1. The molecule has 2 aromatic carbocycles. The third kappa shape index (κ3) is 4.05. The van der Waals surface area contributed by atoms with Crippen LogP contribution >= 0.6 is 0 Å². The lowest BCUT2D eigenvalue weighted by atomic mass is 9.94. The Labute approximate surface area is 218 Å². The predicted octanol–water partition coefficient (Wildman–Crippen LogP) is 5.71. The molecule has 2 aliphatic rings. The highest BCUT2D eigenvalue weighted by Crippen LogP contribution is 2.43. The summed E-state index contributed by atoms with van der Waals surface area (Å²) in [5, 5.41) is 1.67. The molecular weight excluding hydrogens is 492 g/mol. The van der Waals surface area contributed by atoms with Gasteiger partial charge in [0.1, 0.15) is 23.9 Å². The van der Waals surface area contributed by atoms with Crippen molar-refractivity contribution < 1.29 is 23.0 Å². The summed E-state index contributed by atoms with van der Waals surface area (Å²) in [5.41, 5.74) is 1.03. The van der Waals surface area contributed by atoms with Crippen molar-refractivity contribution >= 4 is 27.4 Å². The Balaban J connectivity index is 1.66. The Bertz CT molecular complexity index is 1600. The van der Waals surface area contributed by atoms with Gasteiger partial charge in [0.05, 0.1) is 22.6 Å². The molecule has 1 N–H and O–H groups in total. The molecular formula is C29H29F2N3O4. The normalized spacial score (nSPS) is 17.2. The van der Waals surface area contributed by atoms with Crippen molar-refractivity contribution in [2.75, 3.05) is 32.0 Å². The lowest BCUT2D eigenvalue weighted by Crippen LogP contribution is -2.38. The van der Waals surface area contributed by atoms with Crippen molar-refractivity contribution in [3.8, 4) is 22.9 Å². The van der Waals surface area contributed by atoms with Crippen LogP contribution in [-0.2, 0) is 11.2 Å². The molecule has 2 aliphatic heterocycles. The number of aromatic nitrogens is 2. The third-order valence-electron chi connectivity index (χ3n) is 7.57. The van der Waals surface area contributed by atoms with Crippen molar-refractivity contribution in [1.82, 2.24) is 9.97 Å². The van der Waals surface area contributed by atoms with Gasteiger partial charge in [-0.25, -0.2) is 13.8 Å². The van der Waals surface area contributed by atoms with Gasteiger partial charge in [0.2, 0.25) is 5.88 Å². The molecule has 1 fully saturated rings. The molecule has 0 amide bonds. The number of fused-ring (bicyclic) bond motifs is 3. The maximum atomic E-state index is 16.5. The lowest BCUT2D eigenvalue weighted by Gasteiger charge is -2.29. The molecule has 0 aliphatic carbocycles. The second kappa shape index (κ2) is 9.87. The summed E-state index contributed by atoms with van der Waals surface area (Å²) in [6.07, 6.45) is 4.46. The van der Waals surface area contributed by atoms with Crippen LogP contribution in [0.25, 0.3) is 32.9 Å². The van der Waals surface area contributed by atoms with Crippen LogP contribution in [0.4, 0.5) is 14.5 Å². The molecule has 4 aromatic rings. The molecule has 0 bridgehead atoms. The average molecular weight is 522 g/mol. The van der Waals surface area contributed by atoms with Gasteiger partial charge in [-0.3, -0.25) is 4.79 Å². The van der Waals surface area contributed by atoms with Gasteiger partial charge in [0.25, 0.3) is 5.56 Å². The van der Waals surface area contributed by atoms with E-state index in [-0.39, 0.29) is 35.7 Å². The Kier molecular flexibility index (Phi) is 6.39. The number of rotatable bonds is 5. The first-order valence-corrected chi connectivity index (χ1v) is 13.0. The Morgan fingerprint density at radius 2 is 2.03 bits per heavy atom. The van der Waals surface area contributed by atoms with E-state index >= 15 is 4.39 Å². The van der Waals surface area contributed by atoms with E-state index in [0.29, 0.717) is 51.8 Å². The largest absolute Gasteiger partial charge is 0.475 e. The molecule has 1 saturated heterocycles. The van der Waals surface area contributed by atoms with Gasteiger partial charge in [-0.15, -0.1) is 0 Å². The number of anilines is 1. The standard InChI is InChI=1S/C29H29F2N3O4/c1-3-19-21(30)9-8-16-11-18(38-15-36-2)12-20(24(16)19)27-26(31)28-25-22(13-23(35)32-28)34-10-6-4-5-7-17(34)14-37-29(25)33-27/h8-9,11-13,17H,3-7,10,14-15H2,1-2H3,(H,32,35). The summed E-state index contributed by atoms with van der Waals surface area (Å²) < 4.78 is 48.4. The van der Waals surface area contributed by atoms with E-state index in [4.69, 9.17) is 19.2 Å². The number of hydrogen-bond donors (Lipinski definition) is 1. The summed E-state index contributed by atoms with van der Waals surface area (Å²) in [5.74, 6) is -0.407. The maximum absolute atomic E-state index is 16.5. The summed E-state index contributed by atoms with van der Waals surface area (Å²) in [7, 11) is 1.51. The topological polar surface area (TPSA) is 76.7 Å². The molecule has 2 aromatic heterocycles. The van der Waals surface area contributed by atoms with Crippen molar-refractivity contribution in [3.05, 3.63) is 57.9 Å². The summed E-state index contributed by atoms with van der Waals surface area (Å²) >= 11 is 0. The first kappa shape index (κ1) is 24.6. The zero-order valence-electron chi connectivity index (χ0n) is 21.4. The number of nitrogens with one attached hydrogen (secondary N) is 1. The fraction of sp³-hybridized carbons (Fsp3) is 0.379. The first-order valence-electron chi connectivity index (χ1n) is 13.0. The average Bonchev–Trinajstić information content (AvgIpc) is 3.23. The highest BCUT2D eigenvalue weighted by atomic mass is 19.1. The number of hydrogen-bond acceptors (Lipinski definition) is 6. The van der Waals surface area contributed by atoms with Crippen LogP contribution < -0.4 is 19.9 Å². The van der Waals surface area contributed by atoms with Crippen LogP contribution in [0.5, 0.6) is 11.6 Å². The number of pyridine rings is 2. The zero-order chi connectivity index (χ0) is 26.4. The summed E-state index contributed by atoms with van der Waals surface area (Å²) in [4.78, 5) is 22.4. The van der Waals surface area contributed by atoms with Crippen molar-refractivity contribution in [3.63, 3.8) is 0 Å². The molecule has 4 heterocycles. The number of aromatic amines is 1. The van der Waals surface area contributed by atoms with Crippen LogP contribution in [0.3, 0.4) is 0 Å². The number of ether oxygens (including phenoxy) is 3. The fourth-order valence-electron chi connectivity index (χ4n) is 5.84. The van der Waals surface area contributed by atoms with Crippen LogP contribution in [-0.4, -0.2) is 43.1 Å². The molecule has 6 rings (SSSR count). The number of H-pyrrole nitrogens is 1. The molecule has 0 spiro atoms. The van der Waals surface area contributed by atoms with Crippen molar-refractivity contribution in [2.45, 2.75) is 45.1 Å². The molecule has 9 heteroatoms. The number of nitrogens with zero attached hydrogens (tertiary/aromatic N) is 2. The highest BCUT2D eigenvalue weighted by molar-refractivity contribution is 6.03. The minimum Gasteiger partial charge on any atom is -0.475 e. The summed E-state index contributed by atoms with van der Waals surface area (Å²) in [6, 6.07) is 8.01. The molecule has 38 heavy (non-hydrogen) atoms. The first-order chi connectivity index (χ1) is 18.5. The maximum Gasteiger partial charge on any atom is 0.250 e. The number of aryl methyl sites for hydroxylation is 1. The predicted molar refractivity (Wildman–Crippen MR) is 142 cm³/mol. The van der Waals surface area contributed by atoms with Gasteiger partial charge in [0, 0.05) is 25.3 Å². The molecule has 7 nitrogen and oxygen atoms in total. The van der Waals surface area contributed by atoms with Crippen LogP contribution in [0, 0.1) is 11.6 Å².